The maximum Gasteiger partial charge on any atom is 0.227 e. The summed E-state index contributed by atoms with van der Waals surface area (Å²) in [5, 5.41) is 9.85. The number of likely N-dealkylation sites (N-methyl/N-ethyl adjacent to an activating group) is 1. The van der Waals surface area contributed by atoms with Gasteiger partial charge in [-0.25, -0.2) is 12.7 Å². The number of hydrogen-bond acceptors (Lipinski definition) is 4. The van der Waals surface area contributed by atoms with Crippen LogP contribution in [0.2, 0.25) is 0 Å². The van der Waals surface area contributed by atoms with E-state index in [1.165, 1.54) is 10.6 Å². The van der Waals surface area contributed by atoms with Gasteiger partial charge in [-0.1, -0.05) is 0 Å². The lowest BCUT2D eigenvalue weighted by Crippen LogP contribution is -2.49. The zero-order chi connectivity index (χ0) is 15.6. The average molecular weight is 306 g/mol. The molecule has 1 heterocycles. The first-order chi connectivity index (χ1) is 9.04. The molecule has 118 valence electrons. The predicted octanol–water partition coefficient (Wildman–Crippen LogP) is 0.277. The van der Waals surface area contributed by atoms with Crippen molar-refractivity contribution in [1.29, 1.82) is 0 Å². The third-order valence-corrected chi connectivity index (χ3v) is 4.74. The maximum atomic E-state index is 12.5. The standard InChI is InChI=1S/C13H26N2O4S/c1-5-14(10-13(2,3)17)12(16)11-7-6-8-15(9-11)20(4,18)19/h11,17H,5-10H2,1-4H3. The molecule has 1 fully saturated rings. The highest BCUT2D eigenvalue weighted by molar-refractivity contribution is 7.88. The second-order valence-electron chi connectivity index (χ2n) is 6.13. The number of nitrogens with zero attached hydrogens (tertiary/aromatic N) is 2. The normalized spacial score (nSPS) is 21.8. The summed E-state index contributed by atoms with van der Waals surface area (Å²) in [5.41, 5.74) is -0.948. The number of amides is 1. The van der Waals surface area contributed by atoms with Gasteiger partial charge in [-0.2, -0.15) is 0 Å². The molecule has 0 aromatic rings. The Morgan fingerprint density at radius 1 is 1.45 bits per heavy atom. The molecule has 1 saturated heterocycles. The summed E-state index contributed by atoms with van der Waals surface area (Å²) in [7, 11) is -3.25. The Kier molecular flexibility index (Phi) is 5.57. The lowest BCUT2D eigenvalue weighted by atomic mass is 9.97. The van der Waals surface area contributed by atoms with Gasteiger partial charge in [-0.3, -0.25) is 4.79 Å². The van der Waals surface area contributed by atoms with Crippen molar-refractivity contribution in [3.8, 4) is 0 Å². The zero-order valence-electron chi connectivity index (χ0n) is 12.8. The molecule has 1 rings (SSSR count). The van der Waals surface area contributed by atoms with E-state index in [0.717, 1.165) is 0 Å². The van der Waals surface area contributed by atoms with Crippen molar-refractivity contribution in [2.24, 2.45) is 5.92 Å². The van der Waals surface area contributed by atoms with Gasteiger partial charge in [0.1, 0.15) is 0 Å². The Bertz CT molecular complexity index is 442. The van der Waals surface area contributed by atoms with E-state index < -0.39 is 15.6 Å². The van der Waals surface area contributed by atoms with E-state index in [-0.39, 0.29) is 24.9 Å². The Hall–Kier alpha value is -0.660. The molecule has 6 nitrogen and oxygen atoms in total. The monoisotopic (exact) mass is 306 g/mol. The molecule has 1 amide bonds. The molecule has 1 aliphatic heterocycles. The molecule has 7 heteroatoms. The van der Waals surface area contributed by atoms with Gasteiger partial charge in [-0.05, 0) is 33.6 Å². The fourth-order valence-electron chi connectivity index (χ4n) is 2.52. The Morgan fingerprint density at radius 2 is 2.05 bits per heavy atom. The van der Waals surface area contributed by atoms with Crippen LogP contribution in [0.5, 0.6) is 0 Å². The van der Waals surface area contributed by atoms with E-state index in [2.05, 4.69) is 0 Å². The fraction of sp³-hybridized carbons (Fsp3) is 0.923. The van der Waals surface area contributed by atoms with Crippen molar-refractivity contribution in [2.75, 3.05) is 32.4 Å². The van der Waals surface area contributed by atoms with Crippen LogP contribution in [0.15, 0.2) is 0 Å². The van der Waals surface area contributed by atoms with Crippen molar-refractivity contribution in [3.05, 3.63) is 0 Å². The fourth-order valence-corrected chi connectivity index (χ4v) is 3.43. The van der Waals surface area contributed by atoms with E-state index in [4.69, 9.17) is 0 Å². The molecule has 1 N–H and O–H groups in total. The molecule has 0 aromatic heterocycles. The van der Waals surface area contributed by atoms with Gasteiger partial charge in [0.2, 0.25) is 15.9 Å². The van der Waals surface area contributed by atoms with Crippen LogP contribution < -0.4 is 0 Å². The number of sulfonamides is 1. The minimum Gasteiger partial charge on any atom is -0.389 e. The molecule has 0 spiro atoms. The zero-order valence-corrected chi connectivity index (χ0v) is 13.6. The smallest absolute Gasteiger partial charge is 0.227 e. The first-order valence-electron chi connectivity index (χ1n) is 7.01. The number of rotatable bonds is 5. The summed E-state index contributed by atoms with van der Waals surface area (Å²) in [6.45, 7) is 6.69. The lowest BCUT2D eigenvalue weighted by molar-refractivity contribution is -0.139. The largest absolute Gasteiger partial charge is 0.389 e. The number of carbonyl (C=O) groups excluding carboxylic acids is 1. The molecule has 0 aliphatic carbocycles. The summed E-state index contributed by atoms with van der Waals surface area (Å²) < 4.78 is 24.5. The summed E-state index contributed by atoms with van der Waals surface area (Å²) in [6, 6.07) is 0. The molecule has 1 aliphatic rings. The van der Waals surface area contributed by atoms with Crippen LogP contribution in [0, 0.1) is 5.92 Å². The van der Waals surface area contributed by atoms with Crippen LogP contribution >= 0.6 is 0 Å². The van der Waals surface area contributed by atoms with E-state index in [9.17, 15) is 18.3 Å². The minimum atomic E-state index is -3.25. The van der Waals surface area contributed by atoms with Crippen molar-refractivity contribution in [1.82, 2.24) is 9.21 Å². The highest BCUT2D eigenvalue weighted by Crippen LogP contribution is 2.21. The minimum absolute atomic E-state index is 0.0667. The molecular weight excluding hydrogens is 280 g/mol. The molecule has 0 radical (unpaired) electrons. The van der Waals surface area contributed by atoms with E-state index in [0.29, 0.717) is 25.9 Å². The summed E-state index contributed by atoms with van der Waals surface area (Å²) in [5.74, 6) is -0.372. The van der Waals surface area contributed by atoms with Crippen molar-refractivity contribution in [3.63, 3.8) is 0 Å². The van der Waals surface area contributed by atoms with Crippen LogP contribution in [0.1, 0.15) is 33.6 Å². The van der Waals surface area contributed by atoms with Gasteiger partial charge in [0.15, 0.2) is 0 Å². The lowest BCUT2D eigenvalue weighted by Gasteiger charge is -2.35. The number of hydrogen-bond donors (Lipinski definition) is 1. The molecule has 1 unspecified atom stereocenters. The second-order valence-corrected chi connectivity index (χ2v) is 8.11. The average Bonchev–Trinajstić information content (AvgIpc) is 2.33. The van der Waals surface area contributed by atoms with E-state index in [1.807, 2.05) is 6.92 Å². The van der Waals surface area contributed by atoms with Gasteiger partial charge in [0, 0.05) is 26.2 Å². The highest BCUT2D eigenvalue weighted by Gasteiger charge is 2.33. The van der Waals surface area contributed by atoms with E-state index >= 15 is 0 Å². The van der Waals surface area contributed by atoms with E-state index in [1.54, 1.807) is 18.7 Å². The topological polar surface area (TPSA) is 77.9 Å². The molecule has 0 saturated carbocycles. The Balaban J connectivity index is 2.75. The SMILES string of the molecule is CCN(CC(C)(C)O)C(=O)C1CCCN(S(C)(=O)=O)C1. The van der Waals surface area contributed by atoms with Crippen LogP contribution in [-0.4, -0.2) is 66.7 Å². The number of aliphatic hydroxyl groups is 1. The number of carbonyl (C=O) groups is 1. The van der Waals surface area contributed by atoms with Gasteiger partial charge in [0.25, 0.3) is 0 Å². The molecule has 1 atom stereocenters. The Labute approximate surface area is 121 Å². The molecule has 0 bridgehead atoms. The predicted molar refractivity (Wildman–Crippen MR) is 77.7 cm³/mol. The summed E-state index contributed by atoms with van der Waals surface area (Å²) >= 11 is 0. The van der Waals surface area contributed by atoms with Crippen LogP contribution in [0.4, 0.5) is 0 Å². The highest BCUT2D eigenvalue weighted by atomic mass is 32.2. The van der Waals surface area contributed by atoms with Gasteiger partial charge in [0.05, 0.1) is 17.8 Å². The quantitative estimate of drug-likeness (QED) is 0.791. The van der Waals surface area contributed by atoms with Gasteiger partial charge < -0.3 is 10.0 Å². The van der Waals surface area contributed by atoms with Crippen molar-refractivity contribution >= 4 is 15.9 Å². The third kappa shape index (κ3) is 5.03. The van der Waals surface area contributed by atoms with Crippen LogP contribution in [0.25, 0.3) is 0 Å². The van der Waals surface area contributed by atoms with Crippen LogP contribution in [-0.2, 0) is 14.8 Å². The molecule has 0 aromatic carbocycles. The van der Waals surface area contributed by atoms with Crippen LogP contribution in [0.3, 0.4) is 0 Å². The second kappa shape index (κ2) is 6.41. The van der Waals surface area contributed by atoms with Gasteiger partial charge in [-0.15, -0.1) is 0 Å². The number of piperidine rings is 1. The first-order valence-corrected chi connectivity index (χ1v) is 8.85. The summed E-state index contributed by atoms with van der Waals surface area (Å²) in [6.07, 6.45) is 2.57. The first kappa shape index (κ1) is 17.4. The van der Waals surface area contributed by atoms with Crippen molar-refractivity contribution in [2.45, 2.75) is 39.2 Å². The third-order valence-electron chi connectivity index (χ3n) is 3.47. The molecular formula is C13H26N2O4S. The summed E-state index contributed by atoms with van der Waals surface area (Å²) in [4.78, 5) is 14.1. The maximum absolute atomic E-state index is 12.5. The Morgan fingerprint density at radius 3 is 2.50 bits per heavy atom. The van der Waals surface area contributed by atoms with Crippen molar-refractivity contribution < 1.29 is 18.3 Å². The molecule has 20 heavy (non-hydrogen) atoms. The van der Waals surface area contributed by atoms with Gasteiger partial charge >= 0.3 is 0 Å².